The van der Waals surface area contributed by atoms with E-state index in [-0.39, 0.29) is 32.0 Å². The number of carbonyl (C=O) groups is 2. The van der Waals surface area contributed by atoms with Crippen molar-refractivity contribution < 1.29 is 37.0 Å². The summed E-state index contributed by atoms with van der Waals surface area (Å²) >= 11 is 0. The van der Waals surface area contributed by atoms with Crippen LogP contribution in [-0.2, 0) is 19.1 Å². The van der Waals surface area contributed by atoms with Crippen LogP contribution in [0, 0.1) is 59.2 Å². The van der Waals surface area contributed by atoms with Crippen LogP contribution in [0.25, 0.3) is 0 Å². The molecule has 0 spiro atoms. The second-order valence-corrected chi connectivity index (χ2v) is 8.26. The Morgan fingerprint density at radius 1 is 0.730 bits per heavy atom. The van der Waals surface area contributed by atoms with Crippen LogP contribution in [0.5, 0.6) is 0 Å². The lowest BCUT2D eigenvalue weighted by atomic mass is 10.0. The number of ether oxygens (including phenoxy) is 2. The quantitative estimate of drug-likeness (QED) is 0.0836. The van der Waals surface area contributed by atoms with E-state index in [0.717, 1.165) is 19.3 Å². The minimum absolute atomic E-state index is 0. The average molecular weight is 528 g/mol. The van der Waals surface area contributed by atoms with Gasteiger partial charge < -0.3 is 20.7 Å². The van der Waals surface area contributed by atoms with Crippen molar-refractivity contribution in [1.29, 1.82) is 0 Å². The van der Waals surface area contributed by atoms with Crippen LogP contribution in [0.1, 0.15) is 117 Å². The molecule has 0 heterocycles. The molecule has 0 aromatic rings. The van der Waals surface area contributed by atoms with Gasteiger partial charge in [-0.25, -0.2) is 4.79 Å². The van der Waals surface area contributed by atoms with Gasteiger partial charge in [-0.2, -0.15) is 0 Å². The summed E-state index contributed by atoms with van der Waals surface area (Å²) < 4.78 is 10.1. The highest BCUT2D eigenvalue weighted by Gasteiger charge is 2.15. The van der Waals surface area contributed by atoms with Crippen molar-refractivity contribution in [2.24, 2.45) is 0 Å². The molecule has 0 bridgehead atoms. The minimum Gasteiger partial charge on any atom is -0.456 e. The van der Waals surface area contributed by atoms with E-state index in [4.69, 9.17) is 9.47 Å². The Bertz CT molecular complexity index is 962. The first-order valence-corrected chi connectivity index (χ1v) is 13.0. The van der Waals surface area contributed by atoms with Gasteiger partial charge in [-0.05, 0) is 60.7 Å². The third-order valence-electron chi connectivity index (χ3n) is 5.11. The highest BCUT2D eigenvalue weighted by atomic mass is 16.6. The number of hydrogen-bond acceptors (Lipinski definition) is 6. The van der Waals surface area contributed by atoms with E-state index >= 15 is 0 Å². The fourth-order valence-electron chi connectivity index (χ4n) is 3.19. The van der Waals surface area contributed by atoms with Gasteiger partial charge in [0, 0.05) is 25.2 Å². The van der Waals surface area contributed by atoms with Crippen LogP contribution in [-0.4, -0.2) is 36.4 Å². The normalized spacial score (nSPS) is 9.49. The van der Waals surface area contributed by atoms with Gasteiger partial charge in [0.15, 0.2) is 6.10 Å². The summed E-state index contributed by atoms with van der Waals surface area (Å²) in [6, 6.07) is 0. The van der Waals surface area contributed by atoms with Crippen LogP contribution in [0.2, 0.25) is 0 Å². The van der Waals surface area contributed by atoms with Gasteiger partial charge in [0.2, 0.25) is 0 Å². The molecule has 220 valence electrons. The lowest BCUT2D eigenvalue weighted by Crippen LogP contribution is -2.28. The average Bonchev–Trinajstić information content (AvgIpc) is 2.88. The molecule has 4 N–H and O–H groups in total. The summed E-state index contributed by atoms with van der Waals surface area (Å²) in [6.07, 6.45) is 15.4. The molecule has 0 unspecified atom stereocenters. The van der Waals surface area contributed by atoms with E-state index in [1.165, 1.54) is 64.2 Å². The van der Waals surface area contributed by atoms with Gasteiger partial charge in [-0.15, -0.1) is 0 Å². The maximum atomic E-state index is 12.0. The molecular weight excluding hydrogens is 466 g/mol. The van der Waals surface area contributed by atoms with E-state index in [2.05, 4.69) is 66.1 Å². The summed E-state index contributed by atoms with van der Waals surface area (Å²) in [5.74, 6) is 23.1. The Morgan fingerprint density at radius 3 is 1.68 bits per heavy atom. The molecule has 6 nitrogen and oxygen atoms in total. The van der Waals surface area contributed by atoms with Crippen LogP contribution < -0.4 is 6.15 Å². The summed E-state index contributed by atoms with van der Waals surface area (Å²) in [5.41, 5.74) is 0. The molecule has 6 heteroatoms. The smallest absolute Gasteiger partial charge is 0.385 e. The van der Waals surface area contributed by atoms with Crippen molar-refractivity contribution >= 4 is 11.9 Å². The van der Waals surface area contributed by atoms with Crippen molar-refractivity contribution in [2.75, 3.05) is 13.2 Å². The van der Waals surface area contributed by atoms with E-state index < -0.39 is 24.6 Å². The molecule has 0 fully saturated rings. The van der Waals surface area contributed by atoms with Gasteiger partial charge in [-0.3, -0.25) is 4.79 Å². The van der Waals surface area contributed by atoms with Gasteiger partial charge in [0.1, 0.15) is 6.61 Å². The fraction of sp³-hybridized carbons (Fsp3) is 0.613. The molecule has 0 saturated carbocycles. The molecule has 0 radical (unpaired) electrons. The molecule has 0 aliphatic rings. The van der Waals surface area contributed by atoms with E-state index in [0.29, 0.717) is 0 Å². The molecule has 0 aliphatic carbocycles. The summed E-state index contributed by atoms with van der Waals surface area (Å²) in [5, 5.41) is 9.36. The zero-order valence-corrected chi connectivity index (χ0v) is 22.7. The third kappa shape index (κ3) is 27.1. The van der Waals surface area contributed by atoms with Crippen molar-refractivity contribution in [3.05, 3.63) is 0 Å². The molecular formula is C31H61NO5. The molecule has 0 saturated heterocycles. The first-order valence-electron chi connectivity index (χ1n) is 13.0. The highest BCUT2D eigenvalue weighted by molar-refractivity contribution is 5.89. The van der Waals surface area contributed by atoms with Crippen LogP contribution in [0.15, 0.2) is 0 Å². The summed E-state index contributed by atoms with van der Waals surface area (Å²) in [7, 11) is 0. The molecule has 0 amide bonds. The largest absolute Gasteiger partial charge is 0.456 e. The van der Waals surface area contributed by atoms with Gasteiger partial charge in [0.05, 0.1) is 6.61 Å². The lowest BCUT2D eigenvalue weighted by Gasteiger charge is -2.14. The van der Waals surface area contributed by atoms with Gasteiger partial charge >= 0.3 is 11.9 Å². The molecule has 0 aromatic carbocycles. The van der Waals surface area contributed by atoms with E-state index in [1.54, 1.807) is 6.92 Å². The van der Waals surface area contributed by atoms with Crippen LogP contribution >= 0.6 is 0 Å². The van der Waals surface area contributed by atoms with Gasteiger partial charge in [-0.1, -0.05) is 89.9 Å². The number of aliphatic hydroxyl groups is 1. The van der Waals surface area contributed by atoms with Crippen molar-refractivity contribution in [3.8, 4) is 59.2 Å². The van der Waals surface area contributed by atoms with Crippen molar-refractivity contribution in [2.45, 2.75) is 110 Å². The summed E-state index contributed by atoms with van der Waals surface area (Å²) in [6.45, 7) is 3.21. The van der Waals surface area contributed by atoms with Crippen molar-refractivity contribution in [3.63, 3.8) is 0 Å². The lowest BCUT2D eigenvalue weighted by molar-refractivity contribution is -0.159. The minimum atomic E-state index is -0.910. The Labute approximate surface area is 238 Å². The van der Waals surface area contributed by atoms with E-state index in [9.17, 15) is 14.7 Å². The van der Waals surface area contributed by atoms with Crippen LogP contribution in [0.4, 0.5) is 0 Å². The highest BCUT2D eigenvalue weighted by Crippen LogP contribution is 2.13. The standard InChI is InChI=1S/C31H40O5.H3N.9H2/c1-3-5-7-9-11-13-14-15-16-18-20-22-24-26-31(34)36-29(27-32)28-35-30(33)25-23-21-19-17-12-10-8-6-4-2;;;;;;;;;;/h29,32H,3,5,7,9,11,13-16,18,20,22,24,26-28H2,1-2H3;1H3;9*1H/t29-;;;;;;;;;;/m0........../s1. The second-order valence-electron chi connectivity index (χ2n) is 8.26. The van der Waals surface area contributed by atoms with E-state index in [1.807, 2.05) is 0 Å². The molecule has 0 aromatic heterocycles. The maximum Gasteiger partial charge on any atom is 0.385 e. The number of aliphatic hydroxyl groups excluding tert-OH is 1. The Balaban J connectivity index is -0.000000136. The Morgan fingerprint density at radius 2 is 1.19 bits per heavy atom. The Kier molecular flexibility index (Phi) is 28.0. The SMILES string of the molecule is CC#CC#CC#CC#CC#CC(=O)OC[C@H](CO)OC(=O)CCCCCCCCCCCCCCC.N.[HH].[HH].[HH].[HH].[HH].[HH].[HH].[HH].[HH]. The zero-order valence-electron chi connectivity index (χ0n) is 22.7. The van der Waals surface area contributed by atoms with Crippen LogP contribution in [0.3, 0.4) is 0 Å². The first kappa shape index (κ1) is 35.8. The monoisotopic (exact) mass is 527 g/mol. The van der Waals surface area contributed by atoms with Crippen molar-refractivity contribution in [1.82, 2.24) is 6.15 Å². The molecule has 0 rings (SSSR count). The first-order chi connectivity index (χ1) is 17.6. The topological polar surface area (TPSA) is 108 Å². The molecule has 1 atom stereocenters. The maximum absolute atomic E-state index is 12.0. The predicted molar refractivity (Wildman–Crippen MR) is 167 cm³/mol. The number of carbonyl (C=O) groups excluding carboxylic acids is 2. The zero-order chi connectivity index (χ0) is 26.5. The number of hydrogen-bond donors (Lipinski definition) is 2. The fourth-order valence-corrected chi connectivity index (χ4v) is 3.19. The number of unbranched alkanes of at least 4 members (excludes halogenated alkanes) is 12. The van der Waals surface area contributed by atoms with Gasteiger partial charge in [0.25, 0.3) is 0 Å². The predicted octanol–water partition coefficient (Wildman–Crippen LogP) is 7.33. The molecule has 37 heavy (non-hydrogen) atoms. The summed E-state index contributed by atoms with van der Waals surface area (Å²) in [4.78, 5) is 23.6. The third-order valence-corrected chi connectivity index (χ3v) is 5.11. The number of rotatable bonds is 18. The molecule has 0 aliphatic heterocycles. The Hall–Kier alpha value is -3.34. The second kappa shape index (κ2) is 28.9. The number of esters is 2.